The third kappa shape index (κ3) is 4.09. The van der Waals surface area contributed by atoms with E-state index in [-0.39, 0.29) is 23.7 Å². The predicted molar refractivity (Wildman–Crippen MR) is 95.2 cm³/mol. The summed E-state index contributed by atoms with van der Waals surface area (Å²) in [4.78, 5) is 30.6. The van der Waals surface area contributed by atoms with E-state index in [2.05, 4.69) is 10.1 Å². The van der Waals surface area contributed by atoms with Gasteiger partial charge in [-0.15, -0.1) is 0 Å². The molecule has 1 saturated carbocycles. The number of amides is 1. The van der Waals surface area contributed by atoms with Gasteiger partial charge in [-0.2, -0.15) is 5.10 Å². The molecule has 1 aliphatic carbocycles. The van der Waals surface area contributed by atoms with Crippen LogP contribution in [0.4, 0.5) is 0 Å². The highest BCUT2D eigenvalue weighted by atomic mass is 16.5. The summed E-state index contributed by atoms with van der Waals surface area (Å²) in [6.45, 7) is 5.09. The number of aryl methyl sites for hydroxylation is 2. The molecule has 1 aliphatic rings. The molecule has 7 nitrogen and oxygen atoms in total. The number of esters is 1. The Morgan fingerprint density at radius 1 is 1.35 bits per heavy atom. The highest BCUT2D eigenvalue weighted by Gasteiger charge is 2.45. The zero-order valence-electron chi connectivity index (χ0n) is 15.4. The number of aromatic nitrogens is 3. The molecule has 26 heavy (non-hydrogen) atoms. The minimum Gasteiger partial charge on any atom is -0.466 e. The fourth-order valence-corrected chi connectivity index (χ4v) is 3.07. The number of hydrogen-bond acceptors (Lipinski definition) is 5. The molecular formula is C19H24N4O3. The summed E-state index contributed by atoms with van der Waals surface area (Å²) in [6.07, 6.45) is 3.98. The second-order valence-corrected chi connectivity index (χ2v) is 6.68. The first-order valence-electron chi connectivity index (χ1n) is 8.85. The predicted octanol–water partition coefficient (Wildman–Crippen LogP) is 1.97. The van der Waals surface area contributed by atoms with Crippen molar-refractivity contribution in [1.29, 1.82) is 0 Å². The monoisotopic (exact) mass is 356 g/mol. The van der Waals surface area contributed by atoms with Gasteiger partial charge in [0.05, 0.1) is 24.8 Å². The van der Waals surface area contributed by atoms with Gasteiger partial charge in [-0.25, -0.2) is 0 Å². The first-order valence-corrected chi connectivity index (χ1v) is 8.85. The molecule has 0 aromatic carbocycles. The van der Waals surface area contributed by atoms with Crippen molar-refractivity contribution in [3.05, 3.63) is 47.5 Å². The summed E-state index contributed by atoms with van der Waals surface area (Å²) < 4.78 is 6.89. The molecular weight excluding hydrogens is 332 g/mol. The minimum absolute atomic E-state index is 0.0785. The highest BCUT2D eigenvalue weighted by Crippen LogP contribution is 2.40. The fraction of sp³-hybridized carbons (Fsp3) is 0.474. The van der Waals surface area contributed by atoms with Crippen molar-refractivity contribution in [3.8, 4) is 0 Å². The minimum atomic E-state index is -0.164. The van der Waals surface area contributed by atoms with Gasteiger partial charge in [-0.3, -0.25) is 19.3 Å². The summed E-state index contributed by atoms with van der Waals surface area (Å²) in [7, 11) is 1.88. The molecule has 7 heteroatoms. The average molecular weight is 356 g/mol. The van der Waals surface area contributed by atoms with Crippen LogP contribution in [0.1, 0.15) is 35.1 Å². The van der Waals surface area contributed by atoms with E-state index in [1.807, 2.05) is 20.0 Å². The van der Waals surface area contributed by atoms with Crippen LogP contribution < -0.4 is 0 Å². The molecule has 0 N–H and O–H groups in total. The Bertz CT molecular complexity index is 768. The molecule has 2 heterocycles. The van der Waals surface area contributed by atoms with Gasteiger partial charge < -0.3 is 9.64 Å². The third-order valence-corrected chi connectivity index (χ3v) is 4.70. The highest BCUT2D eigenvalue weighted by molar-refractivity contribution is 5.94. The van der Waals surface area contributed by atoms with Crippen molar-refractivity contribution in [3.63, 3.8) is 0 Å². The summed E-state index contributed by atoms with van der Waals surface area (Å²) in [6, 6.07) is 5.38. The number of pyridine rings is 1. The molecule has 0 unspecified atom stereocenters. The molecule has 2 aromatic rings. The molecule has 2 aromatic heterocycles. The quantitative estimate of drug-likeness (QED) is 0.709. The van der Waals surface area contributed by atoms with Gasteiger partial charge in [-0.1, -0.05) is 0 Å². The molecule has 0 aliphatic heterocycles. The number of nitrogens with zero attached hydrogens (tertiary/aromatic N) is 4. The SMILES string of the molecule is CCOC(=O)[C@@H]1C[C@@H]1CN(Cc1cc(C)n(C)n1)C(=O)c1ccncc1. The zero-order chi connectivity index (χ0) is 18.7. The van der Waals surface area contributed by atoms with Crippen LogP contribution >= 0.6 is 0 Å². The zero-order valence-corrected chi connectivity index (χ0v) is 15.4. The van der Waals surface area contributed by atoms with Crippen molar-refractivity contribution in [2.45, 2.75) is 26.8 Å². The van der Waals surface area contributed by atoms with E-state index in [9.17, 15) is 9.59 Å². The molecule has 1 fully saturated rings. The Morgan fingerprint density at radius 3 is 2.69 bits per heavy atom. The van der Waals surface area contributed by atoms with Crippen LogP contribution in [0, 0.1) is 18.8 Å². The lowest BCUT2D eigenvalue weighted by atomic mass is 10.2. The number of carbonyl (C=O) groups excluding carboxylic acids is 2. The number of carbonyl (C=O) groups is 2. The molecule has 2 atom stereocenters. The first kappa shape index (κ1) is 18.1. The summed E-state index contributed by atoms with van der Waals surface area (Å²) in [5.41, 5.74) is 2.45. The molecule has 138 valence electrons. The fourth-order valence-electron chi connectivity index (χ4n) is 3.07. The lowest BCUT2D eigenvalue weighted by molar-refractivity contribution is -0.145. The number of rotatable bonds is 7. The maximum Gasteiger partial charge on any atom is 0.309 e. The van der Waals surface area contributed by atoms with E-state index >= 15 is 0 Å². The molecule has 0 spiro atoms. The average Bonchev–Trinajstić information content (AvgIpc) is 3.33. The molecule has 0 radical (unpaired) electrons. The van der Waals surface area contributed by atoms with Crippen molar-refractivity contribution >= 4 is 11.9 Å². The summed E-state index contributed by atoms with van der Waals surface area (Å²) in [5.74, 6) is -0.203. The van der Waals surface area contributed by atoms with Crippen LogP contribution in [0.2, 0.25) is 0 Å². The van der Waals surface area contributed by atoms with Crippen LogP contribution in [0.15, 0.2) is 30.6 Å². The first-order chi connectivity index (χ1) is 12.5. The lowest BCUT2D eigenvalue weighted by Gasteiger charge is -2.22. The van der Waals surface area contributed by atoms with E-state index in [0.717, 1.165) is 17.8 Å². The Labute approximate surface area is 153 Å². The van der Waals surface area contributed by atoms with E-state index < -0.39 is 0 Å². The van der Waals surface area contributed by atoms with E-state index in [1.165, 1.54) is 0 Å². The second kappa shape index (κ2) is 7.68. The van der Waals surface area contributed by atoms with Gasteiger partial charge in [0.2, 0.25) is 0 Å². The van der Waals surface area contributed by atoms with E-state index in [0.29, 0.717) is 25.3 Å². The smallest absolute Gasteiger partial charge is 0.309 e. The molecule has 0 bridgehead atoms. The van der Waals surface area contributed by atoms with Gasteiger partial charge in [-0.05, 0) is 44.4 Å². The third-order valence-electron chi connectivity index (χ3n) is 4.70. The van der Waals surface area contributed by atoms with Crippen molar-refractivity contribution in [2.75, 3.05) is 13.2 Å². The standard InChI is InChI=1S/C19H24N4O3/c1-4-26-19(25)17-10-15(17)11-23(12-16-9-13(2)22(3)21-16)18(24)14-5-7-20-8-6-14/h5-9,15,17H,4,10-12H2,1-3H3/t15-,17-/m1/s1. The van der Waals surface area contributed by atoms with Gasteiger partial charge in [0, 0.05) is 37.2 Å². The van der Waals surface area contributed by atoms with Gasteiger partial charge in [0.25, 0.3) is 5.91 Å². The van der Waals surface area contributed by atoms with Gasteiger partial charge in [0.15, 0.2) is 0 Å². The molecule has 0 saturated heterocycles. The maximum absolute atomic E-state index is 13.0. The largest absolute Gasteiger partial charge is 0.466 e. The topological polar surface area (TPSA) is 77.3 Å². The maximum atomic E-state index is 13.0. The van der Waals surface area contributed by atoms with E-state index in [1.54, 1.807) is 41.0 Å². The van der Waals surface area contributed by atoms with Crippen molar-refractivity contribution in [1.82, 2.24) is 19.7 Å². The summed E-state index contributed by atoms with van der Waals surface area (Å²) >= 11 is 0. The second-order valence-electron chi connectivity index (χ2n) is 6.68. The van der Waals surface area contributed by atoms with Gasteiger partial charge >= 0.3 is 5.97 Å². The lowest BCUT2D eigenvalue weighted by Crippen LogP contribution is -2.33. The van der Waals surface area contributed by atoms with Crippen LogP contribution in [0.25, 0.3) is 0 Å². The number of hydrogen-bond donors (Lipinski definition) is 0. The number of ether oxygens (including phenoxy) is 1. The van der Waals surface area contributed by atoms with Crippen LogP contribution in [-0.4, -0.2) is 44.7 Å². The van der Waals surface area contributed by atoms with E-state index in [4.69, 9.17) is 4.74 Å². The Balaban J connectivity index is 1.74. The van der Waals surface area contributed by atoms with Crippen LogP contribution in [0.3, 0.4) is 0 Å². The Morgan fingerprint density at radius 2 is 2.08 bits per heavy atom. The molecule has 1 amide bonds. The van der Waals surface area contributed by atoms with Crippen LogP contribution in [0.5, 0.6) is 0 Å². The Hall–Kier alpha value is -2.70. The Kier molecular flexibility index (Phi) is 5.35. The normalized spacial score (nSPS) is 18.4. The van der Waals surface area contributed by atoms with Crippen molar-refractivity contribution < 1.29 is 14.3 Å². The van der Waals surface area contributed by atoms with Gasteiger partial charge in [0.1, 0.15) is 0 Å². The molecule has 3 rings (SSSR count). The van der Waals surface area contributed by atoms with Crippen molar-refractivity contribution in [2.24, 2.45) is 18.9 Å². The summed E-state index contributed by atoms with van der Waals surface area (Å²) in [5, 5.41) is 4.46. The van der Waals surface area contributed by atoms with Crippen LogP contribution in [-0.2, 0) is 23.1 Å².